The Bertz CT molecular complexity index is 866. The average Bonchev–Trinajstić information content (AvgIpc) is 3.13. The Balaban J connectivity index is 1.97. The van der Waals surface area contributed by atoms with E-state index in [4.69, 9.17) is 5.73 Å². The fourth-order valence-electron chi connectivity index (χ4n) is 3.08. The molecule has 21 heavy (non-hydrogen) atoms. The van der Waals surface area contributed by atoms with Crippen molar-refractivity contribution in [1.29, 1.82) is 0 Å². The Morgan fingerprint density at radius 2 is 2.19 bits per heavy atom. The summed E-state index contributed by atoms with van der Waals surface area (Å²) >= 11 is 0. The number of amides is 1. The summed E-state index contributed by atoms with van der Waals surface area (Å²) in [6.07, 6.45) is 5.21. The number of carbonyl (C=O) groups is 1. The molecule has 1 amide bonds. The van der Waals surface area contributed by atoms with Crippen molar-refractivity contribution in [1.82, 2.24) is 15.2 Å². The number of aromatic nitrogens is 3. The normalized spacial score (nSPS) is 13.5. The molecule has 0 aliphatic heterocycles. The van der Waals surface area contributed by atoms with Gasteiger partial charge in [0.25, 0.3) is 0 Å². The lowest BCUT2D eigenvalue weighted by molar-refractivity contribution is 0.100. The minimum absolute atomic E-state index is 0.427. The molecule has 1 aliphatic rings. The first-order valence-electron chi connectivity index (χ1n) is 6.99. The molecule has 104 valence electrons. The second kappa shape index (κ2) is 4.41. The van der Waals surface area contributed by atoms with Crippen LogP contribution in [0.3, 0.4) is 0 Å². The number of aryl methyl sites for hydroxylation is 2. The summed E-state index contributed by atoms with van der Waals surface area (Å²) in [6, 6.07) is 7.29. The van der Waals surface area contributed by atoms with Crippen LogP contribution >= 0.6 is 0 Å². The maximum Gasteiger partial charge on any atom is 0.248 e. The highest BCUT2D eigenvalue weighted by molar-refractivity contribution is 5.98. The molecule has 3 N–H and O–H groups in total. The van der Waals surface area contributed by atoms with Gasteiger partial charge in [0.2, 0.25) is 5.91 Å². The second-order valence-electron chi connectivity index (χ2n) is 5.36. The van der Waals surface area contributed by atoms with E-state index in [9.17, 15) is 4.79 Å². The van der Waals surface area contributed by atoms with Gasteiger partial charge >= 0.3 is 0 Å². The molecule has 0 radical (unpaired) electrons. The molecule has 1 aliphatic carbocycles. The number of rotatable bonds is 2. The maximum atomic E-state index is 11.4. The number of benzene rings is 1. The standard InChI is InChI=1S/C16H14N4O/c17-15(21)10-4-1-3-9(7-10)14-13-12-6-2-5-11(12)8-18-16(13)20-19-14/h1,3-4,7-8H,2,5-6H2,(H2,17,21)(H,18,19,20). The van der Waals surface area contributed by atoms with Crippen molar-refractivity contribution in [3.05, 3.63) is 47.2 Å². The van der Waals surface area contributed by atoms with Crippen molar-refractivity contribution in [2.24, 2.45) is 5.73 Å². The maximum absolute atomic E-state index is 11.4. The van der Waals surface area contributed by atoms with Crippen LogP contribution in [-0.4, -0.2) is 21.1 Å². The summed E-state index contributed by atoms with van der Waals surface area (Å²) in [6.45, 7) is 0. The van der Waals surface area contributed by atoms with Gasteiger partial charge in [-0.15, -0.1) is 0 Å². The SMILES string of the molecule is NC(=O)c1cccc(-c2[nH]nc3ncc4c(c23)CCC4)c1. The molecule has 0 fully saturated rings. The number of carbonyl (C=O) groups excluding carboxylic acids is 1. The molecule has 2 aromatic heterocycles. The predicted octanol–water partition coefficient (Wildman–Crippen LogP) is 2.21. The van der Waals surface area contributed by atoms with Gasteiger partial charge in [0.15, 0.2) is 5.65 Å². The highest BCUT2D eigenvalue weighted by Gasteiger charge is 2.20. The van der Waals surface area contributed by atoms with E-state index >= 15 is 0 Å². The predicted molar refractivity (Wildman–Crippen MR) is 79.9 cm³/mol. The van der Waals surface area contributed by atoms with Crippen LogP contribution in [0.5, 0.6) is 0 Å². The summed E-state index contributed by atoms with van der Waals surface area (Å²) in [5.74, 6) is -0.427. The van der Waals surface area contributed by atoms with Gasteiger partial charge < -0.3 is 5.73 Å². The fraction of sp³-hybridized carbons (Fsp3) is 0.188. The van der Waals surface area contributed by atoms with E-state index in [-0.39, 0.29) is 0 Å². The summed E-state index contributed by atoms with van der Waals surface area (Å²) in [4.78, 5) is 15.8. The zero-order chi connectivity index (χ0) is 14.4. The van der Waals surface area contributed by atoms with Crippen LogP contribution in [0, 0.1) is 0 Å². The van der Waals surface area contributed by atoms with E-state index in [1.165, 1.54) is 11.1 Å². The van der Waals surface area contributed by atoms with Gasteiger partial charge in [-0.1, -0.05) is 12.1 Å². The van der Waals surface area contributed by atoms with Crippen LogP contribution in [-0.2, 0) is 12.8 Å². The van der Waals surface area contributed by atoms with E-state index in [0.717, 1.165) is 41.6 Å². The van der Waals surface area contributed by atoms with Gasteiger partial charge in [-0.2, -0.15) is 5.10 Å². The first kappa shape index (κ1) is 12.1. The number of fused-ring (bicyclic) bond motifs is 3. The average molecular weight is 278 g/mol. The van der Waals surface area contributed by atoms with Crippen LogP contribution in [0.1, 0.15) is 27.9 Å². The lowest BCUT2D eigenvalue weighted by Crippen LogP contribution is -2.10. The quantitative estimate of drug-likeness (QED) is 0.753. The third-order valence-electron chi connectivity index (χ3n) is 4.09. The summed E-state index contributed by atoms with van der Waals surface area (Å²) in [5, 5.41) is 8.43. The monoisotopic (exact) mass is 278 g/mol. The number of H-pyrrole nitrogens is 1. The lowest BCUT2D eigenvalue weighted by atomic mass is 10.0. The number of primary amides is 1. The van der Waals surface area contributed by atoms with E-state index in [2.05, 4.69) is 15.2 Å². The van der Waals surface area contributed by atoms with Crippen LogP contribution in [0.15, 0.2) is 30.5 Å². The molecule has 0 saturated carbocycles. The molecule has 0 saturated heterocycles. The van der Waals surface area contributed by atoms with Crippen molar-refractivity contribution in [2.75, 3.05) is 0 Å². The highest BCUT2D eigenvalue weighted by Crippen LogP contribution is 2.34. The third kappa shape index (κ3) is 1.81. The van der Waals surface area contributed by atoms with E-state index < -0.39 is 5.91 Å². The first-order valence-corrected chi connectivity index (χ1v) is 6.99. The van der Waals surface area contributed by atoms with Gasteiger partial charge in [0.1, 0.15) is 0 Å². The van der Waals surface area contributed by atoms with Crippen molar-refractivity contribution in [3.8, 4) is 11.3 Å². The third-order valence-corrected chi connectivity index (χ3v) is 4.09. The van der Waals surface area contributed by atoms with Crippen LogP contribution in [0.2, 0.25) is 0 Å². The zero-order valence-corrected chi connectivity index (χ0v) is 11.4. The molecular weight excluding hydrogens is 264 g/mol. The Morgan fingerprint density at radius 3 is 3.05 bits per heavy atom. The molecule has 0 spiro atoms. The number of hydrogen-bond acceptors (Lipinski definition) is 3. The smallest absolute Gasteiger partial charge is 0.248 e. The van der Waals surface area contributed by atoms with Crippen LogP contribution in [0.4, 0.5) is 0 Å². The molecule has 5 nitrogen and oxygen atoms in total. The molecule has 0 bridgehead atoms. The zero-order valence-electron chi connectivity index (χ0n) is 11.4. The molecule has 3 aromatic rings. The van der Waals surface area contributed by atoms with Crippen LogP contribution in [0.25, 0.3) is 22.3 Å². The molecule has 5 heteroatoms. The van der Waals surface area contributed by atoms with Crippen LogP contribution < -0.4 is 5.73 Å². The number of nitrogens with two attached hydrogens (primary N) is 1. The fourth-order valence-corrected chi connectivity index (χ4v) is 3.08. The number of nitrogens with zero attached hydrogens (tertiary/aromatic N) is 2. The Labute approximate surface area is 121 Å². The Morgan fingerprint density at radius 1 is 1.29 bits per heavy atom. The molecular formula is C16H14N4O. The molecule has 1 aromatic carbocycles. The molecule has 0 unspecified atom stereocenters. The van der Waals surface area contributed by atoms with Gasteiger partial charge in [-0.25, -0.2) is 4.98 Å². The largest absolute Gasteiger partial charge is 0.366 e. The van der Waals surface area contributed by atoms with Crippen molar-refractivity contribution < 1.29 is 4.79 Å². The summed E-state index contributed by atoms with van der Waals surface area (Å²) in [5.41, 5.74) is 11.0. The molecule has 4 rings (SSSR count). The summed E-state index contributed by atoms with van der Waals surface area (Å²) < 4.78 is 0. The number of nitrogens with one attached hydrogen (secondary N) is 1. The summed E-state index contributed by atoms with van der Waals surface area (Å²) in [7, 11) is 0. The number of hydrogen-bond donors (Lipinski definition) is 2. The highest BCUT2D eigenvalue weighted by atomic mass is 16.1. The minimum Gasteiger partial charge on any atom is -0.366 e. The topological polar surface area (TPSA) is 84.7 Å². The molecule has 2 heterocycles. The van der Waals surface area contributed by atoms with Gasteiger partial charge in [0.05, 0.1) is 11.1 Å². The van der Waals surface area contributed by atoms with E-state index in [1.807, 2.05) is 18.3 Å². The van der Waals surface area contributed by atoms with Crippen molar-refractivity contribution >= 4 is 16.9 Å². The first-order chi connectivity index (χ1) is 10.2. The molecule has 0 atom stereocenters. The van der Waals surface area contributed by atoms with Gasteiger partial charge in [-0.05, 0) is 42.5 Å². The van der Waals surface area contributed by atoms with Crippen molar-refractivity contribution in [2.45, 2.75) is 19.3 Å². The Kier molecular flexibility index (Phi) is 2.54. The van der Waals surface area contributed by atoms with E-state index in [1.54, 1.807) is 12.1 Å². The van der Waals surface area contributed by atoms with Gasteiger partial charge in [0, 0.05) is 17.3 Å². The van der Waals surface area contributed by atoms with Gasteiger partial charge in [-0.3, -0.25) is 9.89 Å². The lowest BCUT2D eigenvalue weighted by Gasteiger charge is -2.04. The Hall–Kier alpha value is -2.69. The van der Waals surface area contributed by atoms with Crippen molar-refractivity contribution in [3.63, 3.8) is 0 Å². The number of aromatic amines is 1. The second-order valence-corrected chi connectivity index (χ2v) is 5.36. The minimum atomic E-state index is -0.427. The van der Waals surface area contributed by atoms with E-state index in [0.29, 0.717) is 5.56 Å². The number of pyridine rings is 1.